The molecule has 1 aromatic carbocycles. The van der Waals surface area contributed by atoms with E-state index in [0.717, 1.165) is 29.3 Å². The van der Waals surface area contributed by atoms with Crippen molar-refractivity contribution in [3.8, 4) is 0 Å². The number of hydrogen-bond acceptors (Lipinski definition) is 3. The predicted octanol–water partition coefficient (Wildman–Crippen LogP) is 1.07. The van der Waals surface area contributed by atoms with Gasteiger partial charge in [0.2, 0.25) is 5.91 Å². The molecule has 4 rings (SSSR count). The predicted molar refractivity (Wildman–Crippen MR) is 105 cm³/mol. The van der Waals surface area contributed by atoms with E-state index in [0.29, 0.717) is 6.54 Å². The minimum absolute atomic E-state index is 0.000290. The summed E-state index contributed by atoms with van der Waals surface area (Å²) in [7, 11) is 3.44. The van der Waals surface area contributed by atoms with Crippen molar-refractivity contribution in [2.45, 2.75) is 19.4 Å². The van der Waals surface area contributed by atoms with E-state index in [-0.39, 0.29) is 23.9 Å². The molecule has 28 heavy (non-hydrogen) atoms. The molecule has 7 nitrogen and oxygen atoms in total. The number of nitrogens with zero attached hydrogens (tertiary/aromatic N) is 2. The summed E-state index contributed by atoms with van der Waals surface area (Å²) in [6.07, 6.45) is 5.24. The number of rotatable bonds is 5. The van der Waals surface area contributed by atoms with E-state index in [4.69, 9.17) is 5.73 Å². The molecule has 2 aliphatic rings. The maximum absolute atomic E-state index is 13.1. The third kappa shape index (κ3) is 2.78. The van der Waals surface area contributed by atoms with Crippen molar-refractivity contribution >= 4 is 28.6 Å². The molecular weight excluding hydrogens is 356 g/mol. The highest BCUT2D eigenvalue weighted by Gasteiger charge is 2.53. The van der Waals surface area contributed by atoms with E-state index in [2.05, 4.69) is 5.32 Å². The maximum atomic E-state index is 13.1. The Labute approximate surface area is 163 Å². The Morgan fingerprint density at radius 1 is 1.29 bits per heavy atom. The number of aryl methyl sites for hydroxylation is 1. The lowest BCUT2D eigenvalue weighted by Crippen LogP contribution is -2.53. The fourth-order valence-corrected chi connectivity index (χ4v) is 4.25. The molecule has 0 radical (unpaired) electrons. The summed E-state index contributed by atoms with van der Waals surface area (Å²) in [5.74, 6) is -1.26. The molecule has 1 saturated carbocycles. The number of likely N-dealkylation sites (N-methyl/N-ethyl adjacent to an activating group) is 1. The van der Waals surface area contributed by atoms with Crippen molar-refractivity contribution in [1.82, 2.24) is 14.8 Å². The van der Waals surface area contributed by atoms with Crippen LogP contribution in [-0.4, -0.2) is 40.8 Å². The van der Waals surface area contributed by atoms with E-state index in [9.17, 15) is 14.4 Å². The quantitative estimate of drug-likeness (QED) is 0.760. The third-order valence-electron chi connectivity index (χ3n) is 5.99. The Bertz CT molecular complexity index is 1020. The fraction of sp³-hybridized carbons (Fsp3) is 0.381. The average Bonchev–Trinajstić information content (AvgIpc) is 3.47. The smallest absolute Gasteiger partial charge is 0.259 e. The number of fused-ring (bicyclic) bond motifs is 1. The van der Waals surface area contributed by atoms with Gasteiger partial charge < -0.3 is 20.5 Å². The molecule has 0 spiro atoms. The van der Waals surface area contributed by atoms with Crippen LogP contribution in [-0.2, 0) is 28.0 Å². The van der Waals surface area contributed by atoms with Crippen LogP contribution in [0.25, 0.3) is 10.9 Å². The van der Waals surface area contributed by atoms with E-state index >= 15 is 0 Å². The second-order valence-corrected chi connectivity index (χ2v) is 7.75. The van der Waals surface area contributed by atoms with Crippen LogP contribution >= 0.6 is 0 Å². The second kappa shape index (κ2) is 6.51. The first-order chi connectivity index (χ1) is 13.4. The minimum Gasteiger partial charge on any atom is -0.369 e. The van der Waals surface area contributed by atoms with Crippen molar-refractivity contribution in [2.75, 3.05) is 13.6 Å². The summed E-state index contributed by atoms with van der Waals surface area (Å²) in [5.41, 5.74) is 6.83. The summed E-state index contributed by atoms with van der Waals surface area (Å²) >= 11 is 0. The van der Waals surface area contributed by atoms with Gasteiger partial charge in [-0.15, -0.1) is 0 Å². The highest BCUT2D eigenvalue weighted by atomic mass is 16.2. The Balaban J connectivity index is 1.76. The van der Waals surface area contributed by atoms with Crippen molar-refractivity contribution in [3.05, 3.63) is 47.7 Å². The number of nitrogens with one attached hydrogen (secondary N) is 1. The molecule has 1 unspecified atom stereocenters. The minimum atomic E-state index is -0.986. The largest absolute Gasteiger partial charge is 0.369 e. The van der Waals surface area contributed by atoms with Gasteiger partial charge >= 0.3 is 0 Å². The number of aromatic nitrogens is 1. The van der Waals surface area contributed by atoms with Gasteiger partial charge in [-0.05, 0) is 42.5 Å². The van der Waals surface area contributed by atoms with Crippen LogP contribution in [0.15, 0.2) is 42.1 Å². The van der Waals surface area contributed by atoms with Crippen LogP contribution < -0.4 is 11.1 Å². The Morgan fingerprint density at radius 2 is 2.04 bits per heavy atom. The van der Waals surface area contributed by atoms with Gasteiger partial charge in [0, 0.05) is 44.3 Å². The van der Waals surface area contributed by atoms with Crippen LogP contribution in [0.5, 0.6) is 0 Å². The third-order valence-corrected chi connectivity index (χ3v) is 5.99. The zero-order valence-electron chi connectivity index (χ0n) is 16.1. The molecule has 2 heterocycles. The number of amides is 3. The zero-order valence-corrected chi connectivity index (χ0v) is 16.1. The summed E-state index contributed by atoms with van der Waals surface area (Å²) in [6, 6.07) is 7.95. The number of nitrogens with two attached hydrogens (primary N) is 1. The second-order valence-electron chi connectivity index (χ2n) is 7.75. The molecule has 3 amide bonds. The van der Waals surface area contributed by atoms with Crippen molar-refractivity contribution in [3.63, 3.8) is 0 Å². The molecule has 7 heteroatoms. The van der Waals surface area contributed by atoms with Gasteiger partial charge in [-0.1, -0.05) is 12.1 Å². The fourth-order valence-electron chi connectivity index (χ4n) is 4.25. The number of hydrogen-bond donors (Lipinski definition) is 2. The lowest BCUT2D eigenvalue weighted by Gasteiger charge is -2.39. The maximum Gasteiger partial charge on any atom is 0.259 e. The SMILES string of the molecule is CNC(=O)C1=CC(C(N)=O)(C2CC2)CN(Cc2cccc3c2ccn3C)C1=O. The molecular formula is C21H24N4O3. The van der Waals surface area contributed by atoms with Crippen molar-refractivity contribution in [2.24, 2.45) is 24.1 Å². The number of benzene rings is 1. The molecule has 0 saturated heterocycles. The van der Waals surface area contributed by atoms with Crippen LogP contribution in [0, 0.1) is 11.3 Å². The molecule has 3 N–H and O–H groups in total. The Kier molecular flexibility index (Phi) is 4.25. The summed E-state index contributed by atoms with van der Waals surface area (Å²) in [6.45, 7) is 0.520. The number of carbonyl (C=O) groups is 3. The Hall–Kier alpha value is -3.09. The molecule has 1 fully saturated rings. The van der Waals surface area contributed by atoms with Gasteiger partial charge in [0.25, 0.3) is 11.8 Å². The van der Waals surface area contributed by atoms with E-state index in [1.54, 1.807) is 4.90 Å². The highest BCUT2D eigenvalue weighted by molar-refractivity contribution is 6.19. The van der Waals surface area contributed by atoms with Crippen molar-refractivity contribution < 1.29 is 14.4 Å². The summed E-state index contributed by atoms with van der Waals surface area (Å²) < 4.78 is 2.02. The zero-order chi connectivity index (χ0) is 20.1. The normalized spacial score (nSPS) is 22.3. The molecule has 1 atom stereocenters. The van der Waals surface area contributed by atoms with Gasteiger partial charge in [-0.3, -0.25) is 14.4 Å². The van der Waals surface area contributed by atoms with Crippen LogP contribution in [0.3, 0.4) is 0 Å². The molecule has 1 aliphatic carbocycles. The average molecular weight is 380 g/mol. The monoisotopic (exact) mass is 380 g/mol. The Morgan fingerprint density at radius 3 is 2.68 bits per heavy atom. The number of carbonyl (C=O) groups excluding carboxylic acids is 3. The molecule has 0 bridgehead atoms. The van der Waals surface area contributed by atoms with Crippen LogP contribution in [0.1, 0.15) is 18.4 Å². The van der Waals surface area contributed by atoms with Crippen LogP contribution in [0.4, 0.5) is 0 Å². The first-order valence-electron chi connectivity index (χ1n) is 9.44. The van der Waals surface area contributed by atoms with Crippen LogP contribution in [0.2, 0.25) is 0 Å². The van der Waals surface area contributed by atoms with Gasteiger partial charge in [0.15, 0.2) is 0 Å². The van der Waals surface area contributed by atoms with E-state index < -0.39 is 17.2 Å². The van der Waals surface area contributed by atoms with Gasteiger partial charge in [-0.25, -0.2) is 0 Å². The van der Waals surface area contributed by atoms with Crippen molar-refractivity contribution in [1.29, 1.82) is 0 Å². The lowest BCUT2D eigenvalue weighted by molar-refractivity contribution is -0.137. The molecule has 146 valence electrons. The van der Waals surface area contributed by atoms with E-state index in [1.165, 1.54) is 13.1 Å². The lowest BCUT2D eigenvalue weighted by atomic mass is 9.76. The molecule has 1 aromatic heterocycles. The topological polar surface area (TPSA) is 97.4 Å². The number of primary amides is 1. The first kappa shape index (κ1) is 18.3. The summed E-state index contributed by atoms with van der Waals surface area (Å²) in [5, 5.41) is 3.55. The molecule has 2 aromatic rings. The van der Waals surface area contributed by atoms with Gasteiger partial charge in [0.1, 0.15) is 5.57 Å². The van der Waals surface area contributed by atoms with Gasteiger partial charge in [0.05, 0.1) is 5.41 Å². The first-order valence-corrected chi connectivity index (χ1v) is 9.44. The highest BCUT2D eigenvalue weighted by Crippen LogP contribution is 2.49. The summed E-state index contributed by atoms with van der Waals surface area (Å²) in [4.78, 5) is 39.5. The van der Waals surface area contributed by atoms with Gasteiger partial charge in [-0.2, -0.15) is 0 Å². The standard InChI is InChI=1S/C21H24N4O3/c1-23-18(26)16-10-21(20(22)28,14-6-7-14)12-25(19(16)27)11-13-4-3-5-17-15(13)8-9-24(17)2/h3-5,8-10,14H,6-7,11-12H2,1-2H3,(H2,22,28)(H,23,26). The molecule has 1 aliphatic heterocycles. The van der Waals surface area contributed by atoms with E-state index in [1.807, 2.05) is 42.1 Å².